The van der Waals surface area contributed by atoms with Gasteiger partial charge in [-0.25, -0.2) is 4.98 Å². The lowest BCUT2D eigenvalue weighted by Gasteiger charge is -2.14. The van der Waals surface area contributed by atoms with E-state index in [0.717, 1.165) is 21.2 Å². The van der Waals surface area contributed by atoms with Crippen LogP contribution in [0.5, 0.6) is 0 Å². The van der Waals surface area contributed by atoms with Gasteiger partial charge < -0.3 is 10.4 Å². The Bertz CT molecular complexity index is 307. The fraction of sp³-hybridized carbons (Fsp3) is 0.444. The molecule has 1 aromatic heterocycles. The van der Waals surface area contributed by atoms with Crippen LogP contribution in [-0.2, 0) is 0 Å². The number of rotatable bonds is 4. The molecule has 1 rings (SSSR count). The minimum Gasteiger partial charge on any atom is -0.396 e. The van der Waals surface area contributed by atoms with Crippen molar-refractivity contribution < 1.29 is 5.11 Å². The topological polar surface area (TPSA) is 45.1 Å². The normalized spacial score (nSPS) is 12.6. The molecule has 3 nitrogen and oxygen atoms in total. The summed E-state index contributed by atoms with van der Waals surface area (Å²) in [5.74, 6) is 0. The van der Waals surface area contributed by atoms with E-state index in [1.54, 1.807) is 6.20 Å². The van der Waals surface area contributed by atoms with Crippen LogP contribution in [0.3, 0.4) is 0 Å². The predicted octanol–water partition coefficient (Wildman–Crippen LogP) is 2.79. The van der Waals surface area contributed by atoms with Crippen molar-refractivity contribution in [2.24, 2.45) is 0 Å². The second kappa shape index (κ2) is 5.68. The minimum atomic E-state index is 0.188. The molecule has 78 valence electrons. The number of halogens is 2. The quantitative estimate of drug-likeness (QED) is 0.837. The molecule has 1 atom stereocenters. The van der Waals surface area contributed by atoms with Crippen LogP contribution in [0.4, 0.5) is 5.69 Å². The molecular weight excluding hydrogens is 312 g/mol. The number of hydrogen-bond donors (Lipinski definition) is 2. The zero-order valence-corrected chi connectivity index (χ0v) is 11.0. The molecule has 0 amide bonds. The average Bonchev–Trinajstić information content (AvgIpc) is 2.12. The largest absolute Gasteiger partial charge is 0.396 e. The van der Waals surface area contributed by atoms with E-state index in [0.29, 0.717) is 0 Å². The standard InChI is InChI=1S/C9H12Br2N2O/c1-6(2-3-14)13-8-4-7(10)5-12-9(8)11/h4-6,13-14H,2-3H2,1H3/t6-/m1/s1. The maximum Gasteiger partial charge on any atom is 0.129 e. The van der Waals surface area contributed by atoms with Gasteiger partial charge in [0, 0.05) is 23.3 Å². The molecule has 1 aromatic rings. The molecule has 2 N–H and O–H groups in total. The molecule has 0 bridgehead atoms. The third-order valence-corrected chi connectivity index (χ3v) is 2.84. The molecule has 0 aliphatic rings. The third-order valence-electron chi connectivity index (χ3n) is 1.77. The average molecular weight is 324 g/mol. The van der Waals surface area contributed by atoms with Crippen molar-refractivity contribution in [3.8, 4) is 0 Å². The molecule has 0 fully saturated rings. The molecule has 0 aliphatic heterocycles. The number of aliphatic hydroxyl groups is 1. The van der Waals surface area contributed by atoms with E-state index in [2.05, 4.69) is 42.2 Å². The number of nitrogens with one attached hydrogen (secondary N) is 1. The van der Waals surface area contributed by atoms with E-state index in [1.807, 2.05) is 13.0 Å². The van der Waals surface area contributed by atoms with E-state index >= 15 is 0 Å². The lowest BCUT2D eigenvalue weighted by molar-refractivity contribution is 0.282. The summed E-state index contributed by atoms with van der Waals surface area (Å²) in [5, 5.41) is 12.0. The molecule has 14 heavy (non-hydrogen) atoms. The number of hydrogen-bond acceptors (Lipinski definition) is 3. The van der Waals surface area contributed by atoms with Crippen LogP contribution >= 0.6 is 31.9 Å². The summed E-state index contributed by atoms with van der Waals surface area (Å²) in [6.45, 7) is 2.21. The maximum atomic E-state index is 8.76. The summed E-state index contributed by atoms with van der Waals surface area (Å²) in [7, 11) is 0. The molecule has 0 saturated heterocycles. The van der Waals surface area contributed by atoms with Crippen LogP contribution in [0.2, 0.25) is 0 Å². The second-order valence-electron chi connectivity index (χ2n) is 3.05. The molecular formula is C9H12Br2N2O. The SMILES string of the molecule is C[C@H](CCO)Nc1cc(Br)cnc1Br. The number of aliphatic hydroxyl groups excluding tert-OH is 1. The van der Waals surface area contributed by atoms with Crippen molar-refractivity contribution in [1.82, 2.24) is 4.98 Å². The van der Waals surface area contributed by atoms with E-state index in [4.69, 9.17) is 5.11 Å². The van der Waals surface area contributed by atoms with Gasteiger partial charge >= 0.3 is 0 Å². The number of anilines is 1. The smallest absolute Gasteiger partial charge is 0.129 e. The lowest BCUT2D eigenvalue weighted by atomic mass is 10.2. The number of nitrogens with zero attached hydrogens (tertiary/aromatic N) is 1. The van der Waals surface area contributed by atoms with Gasteiger partial charge in [-0.3, -0.25) is 0 Å². The molecule has 0 spiro atoms. The molecule has 0 aromatic carbocycles. The fourth-order valence-corrected chi connectivity index (χ4v) is 1.72. The van der Waals surface area contributed by atoms with Crippen molar-refractivity contribution in [3.05, 3.63) is 21.3 Å². The van der Waals surface area contributed by atoms with E-state index in [1.165, 1.54) is 0 Å². The van der Waals surface area contributed by atoms with Crippen LogP contribution < -0.4 is 5.32 Å². The van der Waals surface area contributed by atoms with Gasteiger partial charge in [0.15, 0.2) is 0 Å². The molecule has 0 unspecified atom stereocenters. The van der Waals surface area contributed by atoms with E-state index in [-0.39, 0.29) is 12.6 Å². The molecule has 1 heterocycles. The Balaban J connectivity index is 2.70. The Hall–Kier alpha value is -0.130. The maximum absolute atomic E-state index is 8.76. The molecule has 5 heteroatoms. The number of aromatic nitrogens is 1. The summed E-state index contributed by atoms with van der Waals surface area (Å²) in [6.07, 6.45) is 2.45. The van der Waals surface area contributed by atoms with E-state index < -0.39 is 0 Å². The van der Waals surface area contributed by atoms with Gasteiger partial charge in [-0.05, 0) is 51.3 Å². The first-order chi connectivity index (χ1) is 6.63. The van der Waals surface area contributed by atoms with Gasteiger partial charge in [-0.2, -0.15) is 0 Å². The summed E-state index contributed by atoms with van der Waals surface area (Å²) in [5.41, 5.74) is 0.931. The van der Waals surface area contributed by atoms with Crippen molar-refractivity contribution in [2.45, 2.75) is 19.4 Å². The van der Waals surface area contributed by atoms with Gasteiger partial charge in [0.05, 0.1) is 5.69 Å². The first kappa shape index (κ1) is 11.9. The summed E-state index contributed by atoms with van der Waals surface area (Å²) >= 11 is 6.71. The lowest BCUT2D eigenvalue weighted by Crippen LogP contribution is -2.17. The fourth-order valence-electron chi connectivity index (χ4n) is 1.06. The molecule has 0 saturated carbocycles. The van der Waals surface area contributed by atoms with Gasteiger partial charge in [0.2, 0.25) is 0 Å². The third kappa shape index (κ3) is 3.55. The Morgan fingerprint density at radius 2 is 2.29 bits per heavy atom. The van der Waals surface area contributed by atoms with Crippen molar-refractivity contribution >= 4 is 37.5 Å². The highest BCUT2D eigenvalue weighted by Crippen LogP contribution is 2.24. The zero-order chi connectivity index (χ0) is 10.6. The van der Waals surface area contributed by atoms with Crippen LogP contribution in [0.15, 0.2) is 21.3 Å². The summed E-state index contributed by atoms with van der Waals surface area (Å²) < 4.78 is 1.71. The van der Waals surface area contributed by atoms with Gasteiger partial charge in [0.1, 0.15) is 4.60 Å². The first-order valence-corrected chi connectivity index (χ1v) is 5.90. The highest BCUT2D eigenvalue weighted by Gasteiger charge is 2.05. The highest BCUT2D eigenvalue weighted by atomic mass is 79.9. The monoisotopic (exact) mass is 322 g/mol. The van der Waals surface area contributed by atoms with Gasteiger partial charge in [-0.1, -0.05) is 0 Å². The predicted molar refractivity (Wildman–Crippen MR) is 64.4 cm³/mol. The van der Waals surface area contributed by atoms with E-state index in [9.17, 15) is 0 Å². The summed E-state index contributed by atoms with van der Waals surface area (Å²) in [6, 6.07) is 2.18. The summed E-state index contributed by atoms with van der Waals surface area (Å²) in [4.78, 5) is 4.14. The number of pyridine rings is 1. The van der Waals surface area contributed by atoms with Crippen molar-refractivity contribution in [1.29, 1.82) is 0 Å². The Morgan fingerprint density at radius 3 is 2.93 bits per heavy atom. The van der Waals surface area contributed by atoms with Gasteiger partial charge in [-0.15, -0.1) is 0 Å². The van der Waals surface area contributed by atoms with Crippen molar-refractivity contribution in [3.63, 3.8) is 0 Å². The van der Waals surface area contributed by atoms with Crippen molar-refractivity contribution in [2.75, 3.05) is 11.9 Å². The molecule has 0 radical (unpaired) electrons. The Labute approximate surface area is 100 Å². The highest BCUT2D eigenvalue weighted by molar-refractivity contribution is 9.11. The zero-order valence-electron chi connectivity index (χ0n) is 7.80. The second-order valence-corrected chi connectivity index (χ2v) is 4.72. The van der Waals surface area contributed by atoms with Crippen LogP contribution in [-0.4, -0.2) is 22.7 Å². The first-order valence-electron chi connectivity index (χ1n) is 4.32. The van der Waals surface area contributed by atoms with Crippen LogP contribution in [0, 0.1) is 0 Å². The van der Waals surface area contributed by atoms with Crippen LogP contribution in [0.25, 0.3) is 0 Å². The molecule has 0 aliphatic carbocycles. The minimum absolute atomic E-state index is 0.188. The van der Waals surface area contributed by atoms with Gasteiger partial charge in [0.25, 0.3) is 0 Å². The van der Waals surface area contributed by atoms with Crippen LogP contribution in [0.1, 0.15) is 13.3 Å². The Morgan fingerprint density at radius 1 is 1.57 bits per heavy atom. The Kier molecular flexibility index (Phi) is 4.84.